The first-order valence-corrected chi connectivity index (χ1v) is 8.43. The van der Waals surface area contributed by atoms with E-state index >= 15 is 0 Å². The molecule has 0 saturated carbocycles. The fourth-order valence-electron chi connectivity index (χ4n) is 2.99. The lowest BCUT2D eigenvalue weighted by atomic mass is 9.99. The van der Waals surface area contributed by atoms with Crippen molar-refractivity contribution in [3.05, 3.63) is 58.4 Å². The zero-order valence-corrected chi connectivity index (χ0v) is 14.6. The minimum absolute atomic E-state index is 0.104. The molecule has 0 spiro atoms. The fraction of sp³-hybridized carbons (Fsp3) is 0.389. The highest BCUT2D eigenvalue weighted by Crippen LogP contribution is 2.24. The van der Waals surface area contributed by atoms with Gasteiger partial charge in [-0.2, -0.15) is 0 Å². The smallest absolute Gasteiger partial charge is 0.253 e. The fourth-order valence-corrected chi connectivity index (χ4v) is 3.12. The molecule has 0 radical (unpaired) electrons. The van der Waals surface area contributed by atoms with E-state index in [1.165, 1.54) is 0 Å². The molecule has 2 heterocycles. The largest absolute Gasteiger partial charge is 0.373 e. The first-order chi connectivity index (χ1) is 11.5. The minimum atomic E-state index is -0.230. The molecule has 1 fully saturated rings. The van der Waals surface area contributed by atoms with E-state index in [0.717, 1.165) is 24.3 Å². The Balaban J connectivity index is 1.85. The van der Waals surface area contributed by atoms with Crippen LogP contribution in [0, 0.1) is 6.92 Å². The maximum Gasteiger partial charge on any atom is 0.253 e. The van der Waals surface area contributed by atoms with E-state index in [-0.39, 0.29) is 18.1 Å². The number of benzene rings is 1. The number of hydrogen-bond donors (Lipinski definition) is 2. The summed E-state index contributed by atoms with van der Waals surface area (Å²) in [4.78, 5) is 17.9. The monoisotopic (exact) mass is 347 g/mol. The number of aryl methyl sites for hydroxylation is 1. The number of morpholine rings is 1. The maximum atomic E-state index is 12.7. The summed E-state index contributed by atoms with van der Waals surface area (Å²) in [5.74, 6) is -0.106. The van der Waals surface area contributed by atoms with Crippen LogP contribution in [0.4, 0.5) is 0 Å². The number of aromatic nitrogens is 1. The third-order valence-electron chi connectivity index (χ3n) is 4.38. The van der Waals surface area contributed by atoms with Gasteiger partial charge in [0.05, 0.1) is 24.3 Å². The van der Waals surface area contributed by atoms with Gasteiger partial charge >= 0.3 is 0 Å². The molecule has 1 aromatic heterocycles. The number of rotatable bonds is 4. The molecule has 1 amide bonds. The summed E-state index contributed by atoms with van der Waals surface area (Å²) in [5, 5.41) is 3.81. The first-order valence-electron chi connectivity index (χ1n) is 8.05. The summed E-state index contributed by atoms with van der Waals surface area (Å²) in [6, 6.07) is 9.11. The summed E-state index contributed by atoms with van der Waals surface area (Å²) in [5.41, 5.74) is 2.49. The summed E-state index contributed by atoms with van der Waals surface area (Å²) in [6.07, 6.45) is 1.67. The van der Waals surface area contributed by atoms with Crippen molar-refractivity contribution in [2.24, 2.45) is 0 Å². The quantitative estimate of drug-likeness (QED) is 0.894. The van der Waals surface area contributed by atoms with E-state index in [9.17, 15) is 4.79 Å². The van der Waals surface area contributed by atoms with Gasteiger partial charge in [0.2, 0.25) is 0 Å². The van der Waals surface area contributed by atoms with Crippen molar-refractivity contribution in [3.8, 4) is 0 Å². The van der Waals surface area contributed by atoms with Gasteiger partial charge in [0.15, 0.2) is 0 Å². The van der Waals surface area contributed by atoms with Gasteiger partial charge in [-0.1, -0.05) is 23.7 Å². The van der Waals surface area contributed by atoms with Crippen LogP contribution in [0.3, 0.4) is 0 Å². The van der Waals surface area contributed by atoms with Crippen molar-refractivity contribution in [1.82, 2.24) is 15.2 Å². The van der Waals surface area contributed by atoms with Gasteiger partial charge in [0.1, 0.15) is 0 Å². The Morgan fingerprint density at radius 3 is 2.75 bits per heavy atom. The lowest BCUT2D eigenvalue weighted by Crippen LogP contribution is -2.48. The third-order valence-corrected chi connectivity index (χ3v) is 4.63. The number of ether oxygens (including phenoxy) is 1. The van der Waals surface area contributed by atoms with Crippen molar-refractivity contribution >= 4 is 17.5 Å². The van der Waals surface area contributed by atoms with E-state index in [0.29, 0.717) is 17.2 Å². The molecule has 2 aromatic rings. The third kappa shape index (κ3) is 3.80. The molecule has 1 aliphatic heterocycles. The molecule has 5 nitrogen and oxygen atoms in total. The van der Waals surface area contributed by atoms with Crippen molar-refractivity contribution in [2.45, 2.75) is 19.1 Å². The van der Waals surface area contributed by atoms with Gasteiger partial charge in [-0.3, -0.25) is 4.79 Å². The van der Waals surface area contributed by atoms with E-state index in [4.69, 9.17) is 16.3 Å². The van der Waals surface area contributed by atoms with E-state index in [1.807, 2.05) is 31.2 Å². The second kappa shape index (κ2) is 7.38. The molecule has 2 N–H and O–H groups in total. The summed E-state index contributed by atoms with van der Waals surface area (Å²) in [7, 11) is 2.06. The van der Waals surface area contributed by atoms with Crippen LogP contribution >= 0.6 is 11.6 Å². The van der Waals surface area contributed by atoms with Crippen LogP contribution in [0.1, 0.15) is 27.7 Å². The zero-order valence-electron chi connectivity index (χ0n) is 13.9. The van der Waals surface area contributed by atoms with Gasteiger partial charge < -0.3 is 19.9 Å². The Morgan fingerprint density at radius 2 is 2.12 bits per heavy atom. The SMILES string of the molecule is Cc1[nH]ccc1C(=O)N[C@H](c1ccc(Cl)cc1)[C@@H]1CN(C)CCO1. The molecule has 1 aliphatic rings. The molecule has 2 atom stereocenters. The van der Waals surface area contributed by atoms with Gasteiger partial charge in [-0.05, 0) is 37.7 Å². The van der Waals surface area contributed by atoms with Crippen molar-refractivity contribution < 1.29 is 9.53 Å². The number of likely N-dealkylation sites (N-methyl/N-ethyl adjacent to an activating group) is 1. The number of hydrogen-bond acceptors (Lipinski definition) is 3. The zero-order chi connectivity index (χ0) is 17.1. The lowest BCUT2D eigenvalue weighted by Gasteiger charge is -2.35. The predicted molar refractivity (Wildman–Crippen MR) is 94.4 cm³/mol. The average molecular weight is 348 g/mol. The second-order valence-electron chi connectivity index (χ2n) is 6.19. The van der Waals surface area contributed by atoms with Crippen LogP contribution in [0.15, 0.2) is 36.5 Å². The highest BCUT2D eigenvalue weighted by molar-refractivity contribution is 6.30. The van der Waals surface area contributed by atoms with E-state index in [1.54, 1.807) is 12.3 Å². The maximum absolute atomic E-state index is 12.7. The van der Waals surface area contributed by atoms with Gasteiger partial charge in [-0.15, -0.1) is 0 Å². The number of carbonyl (C=O) groups excluding carboxylic acids is 1. The second-order valence-corrected chi connectivity index (χ2v) is 6.63. The molecule has 3 rings (SSSR count). The Hall–Kier alpha value is -1.82. The Bertz CT molecular complexity index is 699. The van der Waals surface area contributed by atoms with Crippen LogP contribution in [0.25, 0.3) is 0 Å². The number of nitrogens with one attached hydrogen (secondary N) is 2. The molecular weight excluding hydrogens is 326 g/mol. The first kappa shape index (κ1) is 17.0. The molecule has 0 aliphatic carbocycles. The number of amides is 1. The summed E-state index contributed by atoms with van der Waals surface area (Å²) < 4.78 is 5.95. The summed E-state index contributed by atoms with van der Waals surface area (Å²) >= 11 is 6.00. The lowest BCUT2D eigenvalue weighted by molar-refractivity contribution is -0.0380. The molecule has 0 unspecified atom stereocenters. The number of carbonyl (C=O) groups is 1. The molecular formula is C18H22ClN3O2. The van der Waals surface area contributed by atoms with E-state index < -0.39 is 0 Å². The molecule has 0 bridgehead atoms. The van der Waals surface area contributed by atoms with Crippen molar-refractivity contribution in [3.63, 3.8) is 0 Å². The number of aromatic amines is 1. The highest BCUT2D eigenvalue weighted by atomic mass is 35.5. The van der Waals surface area contributed by atoms with Crippen LogP contribution in [0.5, 0.6) is 0 Å². The van der Waals surface area contributed by atoms with Crippen molar-refractivity contribution in [2.75, 3.05) is 26.7 Å². The number of nitrogens with zero attached hydrogens (tertiary/aromatic N) is 1. The number of H-pyrrole nitrogens is 1. The molecule has 24 heavy (non-hydrogen) atoms. The normalized spacial score (nSPS) is 19.9. The Morgan fingerprint density at radius 1 is 1.38 bits per heavy atom. The minimum Gasteiger partial charge on any atom is -0.373 e. The number of halogens is 1. The molecule has 1 aromatic carbocycles. The van der Waals surface area contributed by atoms with Crippen LogP contribution in [-0.2, 0) is 4.74 Å². The topological polar surface area (TPSA) is 57.4 Å². The van der Waals surface area contributed by atoms with Gasteiger partial charge in [-0.25, -0.2) is 0 Å². The van der Waals surface area contributed by atoms with Crippen molar-refractivity contribution in [1.29, 1.82) is 0 Å². The molecule has 1 saturated heterocycles. The van der Waals surface area contributed by atoms with Crippen LogP contribution in [0.2, 0.25) is 5.02 Å². The Kier molecular flexibility index (Phi) is 5.23. The predicted octanol–water partition coefficient (Wildman–Crippen LogP) is 2.78. The average Bonchev–Trinajstić information content (AvgIpc) is 2.99. The standard InChI is InChI=1S/C18H22ClN3O2/c1-12-15(7-8-20-12)18(23)21-17(13-3-5-14(19)6-4-13)16-11-22(2)9-10-24-16/h3-8,16-17,20H,9-11H2,1-2H3,(H,21,23)/t16-,17+/m0/s1. The van der Waals surface area contributed by atoms with E-state index in [2.05, 4.69) is 22.2 Å². The highest BCUT2D eigenvalue weighted by Gasteiger charge is 2.30. The Labute approximate surface area is 146 Å². The summed E-state index contributed by atoms with van der Waals surface area (Å²) in [6.45, 7) is 4.20. The van der Waals surface area contributed by atoms with Crippen LogP contribution in [-0.4, -0.2) is 48.6 Å². The molecule has 6 heteroatoms. The van der Waals surface area contributed by atoms with Gasteiger partial charge in [0, 0.05) is 30.0 Å². The molecule has 128 valence electrons. The van der Waals surface area contributed by atoms with Crippen LogP contribution < -0.4 is 5.32 Å². The van der Waals surface area contributed by atoms with Gasteiger partial charge in [0.25, 0.3) is 5.91 Å².